The summed E-state index contributed by atoms with van der Waals surface area (Å²) in [5, 5.41) is 3.44. The average molecular weight is 238 g/mol. The second-order valence-corrected chi connectivity index (χ2v) is 4.47. The molecule has 3 N–H and O–H groups in total. The van der Waals surface area contributed by atoms with Gasteiger partial charge in [-0.2, -0.15) is 0 Å². The van der Waals surface area contributed by atoms with Gasteiger partial charge in [-0.15, -0.1) is 12.4 Å². The van der Waals surface area contributed by atoms with Gasteiger partial charge in [-0.25, -0.2) is 4.39 Å². The fraction of sp³-hybridized carbons (Fsp3) is 1.00. The molecule has 2 saturated heterocycles. The minimum absolute atomic E-state index is 0. The van der Waals surface area contributed by atoms with Crippen LogP contribution >= 0.6 is 12.4 Å². The number of likely N-dealkylation sites (tertiary alicyclic amines) is 1. The van der Waals surface area contributed by atoms with E-state index < -0.39 is 6.17 Å². The average Bonchev–Trinajstić information content (AvgIpc) is 2.76. The number of nitrogens with two attached hydrogens (primary N) is 1. The maximum Gasteiger partial charge on any atom is 0.114 e. The highest BCUT2D eigenvalue weighted by atomic mass is 35.5. The predicted octanol–water partition coefficient (Wildman–Crippen LogP) is 0.531. The molecule has 0 unspecified atom stereocenters. The van der Waals surface area contributed by atoms with Gasteiger partial charge < -0.3 is 11.1 Å². The molecule has 0 bridgehead atoms. The van der Waals surface area contributed by atoms with Gasteiger partial charge in [-0.3, -0.25) is 4.90 Å². The van der Waals surface area contributed by atoms with Crippen molar-refractivity contribution in [1.29, 1.82) is 0 Å². The highest BCUT2D eigenvalue weighted by Crippen LogP contribution is 2.21. The van der Waals surface area contributed by atoms with Crippen LogP contribution in [0.4, 0.5) is 4.39 Å². The lowest BCUT2D eigenvalue weighted by Gasteiger charge is -2.25. The molecule has 0 radical (unpaired) electrons. The molecule has 2 heterocycles. The van der Waals surface area contributed by atoms with Gasteiger partial charge in [-0.05, 0) is 25.8 Å². The van der Waals surface area contributed by atoms with Gasteiger partial charge in [0.15, 0.2) is 0 Å². The van der Waals surface area contributed by atoms with Gasteiger partial charge in [0.25, 0.3) is 0 Å². The Labute approximate surface area is 97.0 Å². The number of halogens is 2. The van der Waals surface area contributed by atoms with Crippen LogP contribution in [0.1, 0.15) is 19.3 Å². The molecule has 2 rings (SSSR count). The molecular formula is C10H21ClFN3. The molecule has 0 amide bonds. The second kappa shape index (κ2) is 5.99. The summed E-state index contributed by atoms with van der Waals surface area (Å²) >= 11 is 0. The molecule has 90 valence electrons. The molecular weight excluding hydrogens is 217 g/mol. The molecule has 15 heavy (non-hydrogen) atoms. The molecule has 0 aromatic rings. The minimum atomic E-state index is -0.662. The summed E-state index contributed by atoms with van der Waals surface area (Å²) in [5.41, 5.74) is 5.63. The van der Waals surface area contributed by atoms with Crippen LogP contribution in [0.15, 0.2) is 0 Å². The van der Waals surface area contributed by atoms with Crippen LogP contribution in [0.2, 0.25) is 0 Å². The largest absolute Gasteiger partial charge is 0.329 e. The number of hydrogen-bond acceptors (Lipinski definition) is 3. The van der Waals surface area contributed by atoms with Crippen molar-refractivity contribution in [2.75, 3.05) is 26.2 Å². The summed E-state index contributed by atoms with van der Waals surface area (Å²) in [6, 6.07) is 0.835. The van der Waals surface area contributed by atoms with E-state index in [1.54, 1.807) is 0 Å². The fourth-order valence-corrected chi connectivity index (χ4v) is 2.59. The van der Waals surface area contributed by atoms with Gasteiger partial charge in [0.1, 0.15) is 6.17 Å². The number of rotatable bonds is 3. The molecule has 0 aliphatic carbocycles. The van der Waals surface area contributed by atoms with Crippen LogP contribution in [0, 0.1) is 0 Å². The Hall–Kier alpha value is 0.1000. The van der Waals surface area contributed by atoms with Crippen molar-refractivity contribution in [3.8, 4) is 0 Å². The van der Waals surface area contributed by atoms with Gasteiger partial charge in [0.05, 0.1) is 0 Å². The van der Waals surface area contributed by atoms with E-state index in [1.165, 1.54) is 12.8 Å². The summed E-state index contributed by atoms with van der Waals surface area (Å²) < 4.78 is 13.2. The molecule has 3 nitrogen and oxygen atoms in total. The molecule has 0 saturated carbocycles. The Morgan fingerprint density at radius 1 is 1.47 bits per heavy atom. The Balaban J connectivity index is 0.00000112. The van der Waals surface area contributed by atoms with Crippen LogP contribution in [-0.4, -0.2) is 49.3 Å². The van der Waals surface area contributed by atoms with E-state index in [4.69, 9.17) is 5.73 Å². The van der Waals surface area contributed by atoms with Crippen molar-refractivity contribution in [2.24, 2.45) is 5.73 Å². The lowest BCUT2D eigenvalue weighted by Crippen LogP contribution is -2.43. The maximum atomic E-state index is 13.2. The van der Waals surface area contributed by atoms with Crippen LogP contribution < -0.4 is 11.1 Å². The van der Waals surface area contributed by atoms with Crippen LogP contribution in [0.3, 0.4) is 0 Å². The highest BCUT2D eigenvalue weighted by molar-refractivity contribution is 5.85. The van der Waals surface area contributed by atoms with Gasteiger partial charge in [0.2, 0.25) is 0 Å². The Morgan fingerprint density at radius 2 is 2.27 bits per heavy atom. The van der Waals surface area contributed by atoms with Crippen molar-refractivity contribution in [2.45, 2.75) is 37.5 Å². The molecule has 0 aromatic heterocycles. The van der Waals surface area contributed by atoms with Gasteiger partial charge in [0, 0.05) is 31.7 Å². The normalized spacial score (nSPS) is 36.8. The van der Waals surface area contributed by atoms with Crippen molar-refractivity contribution < 1.29 is 4.39 Å². The summed E-state index contributed by atoms with van der Waals surface area (Å²) in [4.78, 5) is 2.22. The second-order valence-electron chi connectivity index (χ2n) is 4.47. The number of nitrogens with one attached hydrogen (secondary N) is 1. The van der Waals surface area contributed by atoms with E-state index in [0.717, 1.165) is 13.1 Å². The first-order valence-corrected chi connectivity index (χ1v) is 5.61. The lowest BCUT2D eigenvalue weighted by atomic mass is 10.2. The number of hydrogen-bond donors (Lipinski definition) is 2. The van der Waals surface area contributed by atoms with E-state index in [-0.39, 0.29) is 18.4 Å². The predicted molar refractivity (Wildman–Crippen MR) is 62.2 cm³/mol. The van der Waals surface area contributed by atoms with E-state index >= 15 is 0 Å². The molecule has 5 heteroatoms. The zero-order valence-corrected chi connectivity index (χ0v) is 9.81. The van der Waals surface area contributed by atoms with E-state index in [9.17, 15) is 4.39 Å². The SMILES string of the molecule is Cl.NC[C@@H]1C[C@@H](F)CN1C[C@@H]1CCCN1. The first kappa shape index (κ1) is 13.2. The third kappa shape index (κ3) is 3.28. The minimum Gasteiger partial charge on any atom is -0.329 e. The molecule has 2 aliphatic rings. The maximum absolute atomic E-state index is 13.2. The molecule has 0 spiro atoms. The lowest BCUT2D eigenvalue weighted by molar-refractivity contribution is 0.226. The summed E-state index contributed by atoms with van der Waals surface area (Å²) in [7, 11) is 0. The fourth-order valence-electron chi connectivity index (χ4n) is 2.59. The quantitative estimate of drug-likeness (QED) is 0.753. The number of nitrogens with zero attached hydrogens (tertiary/aromatic N) is 1. The van der Waals surface area contributed by atoms with Crippen LogP contribution in [-0.2, 0) is 0 Å². The van der Waals surface area contributed by atoms with E-state index in [0.29, 0.717) is 25.6 Å². The standard InChI is InChI=1S/C10H20FN3.ClH/c11-8-4-10(5-12)14(6-8)7-9-2-1-3-13-9;/h8-10,13H,1-7,12H2;1H/t8-,9+,10+;/m1./s1. The van der Waals surface area contributed by atoms with Gasteiger partial charge in [-0.1, -0.05) is 0 Å². The van der Waals surface area contributed by atoms with Crippen molar-refractivity contribution >= 4 is 12.4 Å². The molecule has 2 aliphatic heterocycles. The van der Waals surface area contributed by atoms with Crippen molar-refractivity contribution in [3.63, 3.8) is 0 Å². The van der Waals surface area contributed by atoms with Crippen molar-refractivity contribution in [3.05, 3.63) is 0 Å². The van der Waals surface area contributed by atoms with E-state index in [2.05, 4.69) is 10.2 Å². The monoisotopic (exact) mass is 237 g/mol. The topological polar surface area (TPSA) is 41.3 Å². The highest BCUT2D eigenvalue weighted by Gasteiger charge is 2.32. The third-order valence-corrected chi connectivity index (χ3v) is 3.37. The number of alkyl halides is 1. The molecule has 3 atom stereocenters. The summed E-state index contributed by atoms with van der Waals surface area (Å²) in [5.74, 6) is 0. The van der Waals surface area contributed by atoms with Crippen molar-refractivity contribution in [1.82, 2.24) is 10.2 Å². The van der Waals surface area contributed by atoms with E-state index in [1.807, 2.05) is 0 Å². The van der Waals surface area contributed by atoms with Gasteiger partial charge >= 0.3 is 0 Å². The summed E-state index contributed by atoms with van der Waals surface area (Å²) in [6.07, 6.45) is 2.45. The Kier molecular flexibility index (Phi) is 5.26. The Morgan fingerprint density at radius 3 is 2.87 bits per heavy atom. The first-order valence-electron chi connectivity index (χ1n) is 5.61. The van der Waals surface area contributed by atoms with Crippen LogP contribution in [0.5, 0.6) is 0 Å². The molecule has 2 fully saturated rings. The molecule has 0 aromatic carbocycles. The van der Waals surface area contributed by atoms with Crippen LogP contribution in [0.25, 0.3) is 0 Å². The smallest absolute Gasteiger partial charge is 0.114 e. The summed E-state index contributed by atoms with van der Waals surface area (Å²) in [6.45, 7) is 3.26. The zero-order valence-electron chi connectivity index (χ0n) is 8.99. The first-order chi connectivity index (χ1) is 6.79. The third-order valence-electron chi connectivity index (χ3n) is 3.37. The Bertz CT molecular complexity index is 188. The zero-order chi connectivity index (χ0) is 9.97.